The smallest absolute Gasteiger partial charge is 0.306 e. The molecular weight excluding hydrogens is 442 g/mol. The second kappa shape index (κ2) is 8.55. The number of carbonyl (C=O) groups excluding carboxylic acids is 4. The molecule has 12 heteroatoms. The van der Waals surface area contributed by atoms with Gasteiger partial charge in [0, 0.05) is 23.1 Å². The first kappa shape index (κ1) is 21.1. The lowest BCUT2D eigenvalue weighted by atomic mass is 10.1. The fraction of sp³-hybridized carbons (Fsp3) is 0.316. The van der Waals surface area contributed by atoms with Crippen molar-refractivity contribution in [1.29, 1.82) is 0 Å². The summed E-state index contributed by atoms with van der Waals surface area (Å²) in [6.07, 6.45) is -0.601. The molecule has 2 unspecified atom stereocenters. The highest BCUT2D eigenvalue weighted by Crippen LogP contribution is 2.46. The summed E-state index contributed by atoms with van der Waals surface area (Å²) in [5.74, 6) is -2.26. The van der Waals surface area contributed by atoms with Crippen LogP contribution in [0.15, 0.2) is 34.5 Å². The van der Waals surface area contributed by atoms with Crippen molar-refractivity contribution in [1.82, 2.24) is 10.3 Å². The topological polar surface area (TPSA) is 158 Å². The largest absolute Gasteiger partial charge is 0.452 e. The van der Waals surface area contributed by atoms with Gasteiger partial charge in [0.15, 0.2) is 11.2 Å². The Labute approximate surface area is 185 Å². The molecule has 3 heterocycles. The van der Waals surface area contributed by atoms with E-state index in [-0.39, 0.29) is 19.4 Å². The number of nitrogens with two attached hydrogens (primary N) is 2. The van der Waals surface area contributed by atoms with Crippen molar-refractivity contribution in [3.05, 3.63) is 35.3 Å². The number of carbonyl (C=O) groups is 4. The normalized spacial score (nSPS) is 23.1. The van der Waals surface area contributed by atoms with E-state index in [0.29, 0.717) is 16.5 Å². The van der Waals surface area contributed by atoms with Crippen LogP contribution in [0.1, 0.15) is 23.8 Å². The molecule has 2 aromatic rings. The quantitative estimate of drug-likeness (QED) is 0.546. The van der Waals surface area contributed by atoms with Crippen LogP contribution < -0.4 is 21.7 Å². The molecule has 0 saturated carbocycles. The van der Waals surface area contributed by atoms with Gasteiger partial charge >= 0.3 is 5.97 Å². The Kier molecular flexibility index (Phi) is 5.83. The van der Waals surface area contributed by atoms with Gasteiger partial charge in [-0.15, -0.1) is 23.1 Å². The Morgan fingerprint density at radius 3 is 2.71 bits per heavy atom. The first-order chi connectivity index (χ1) is 14.8. The molecule has 1 fully saturated rings. The minimum Gasteiger partial charge on any atom is -0.452 e. The maximum absolute atomic E-state index is 13.6. The molecule has 3 atom stereocenters. The zero-order valence-electron chi connectivity index (χ0n) is 16.1. The summed E-state index contributed by atoms with van der Waals surface area (Å²) in [6, 6.07) is 5.98. The summed E-state index contributed by atoms with van der Waals surface area (Å²) in [4.78, 5) is 55.8. The number of primary amides is 1. The molecule has 0 spiro atoms. The zero-order valence-corrected chi connectivity index (χ0v) is 17.8. The van der Waals surface area contributed by atoms with Gasteiger partial charge in [-0.2, -0.15) is 0 Å². The average Bonchev–Trinajstić information content (AvgIpc) is 3.34. The van der Waals surface area contributed by atoms with Gasteiger partial charge in [-0.3, -0.25) is 19.2 Å². The predicted octanol–water partition coefficient (Wildman–Crippen LogP) is 0.581. The minimum absolute atomic E-state index is 0.136. The summed E-state index contributed by atoms with van der Waals surface area (Å²) < 4.78 is 5.04. The van der Waals surface area contributed by atoms with Crippen molar-refractivity contribution >= 4 is 57.6 Å². The van der Waals surface area contributed by atoms with E-state index in [1.54, 1.807) is 17.5 Å². The number of nitrogen functional groups attached to an aromatic ring is 1. The number of nitrogens with one attached hydrogen (secondary N) is 1. The van der Waals surface area contributed by atoms with E-state index in [1.165, 1.54) is 28.0 Å². The number of thioether (sulfide) groups is 1. The lowest BCUT2D eigenvalue weighted by Gasteiger charge is -2.27. The molecule has 10 nitrogen and oxygen atoms in total. The lowest BCUT2D eigenvalue weighted by Crippen LogP contribution is -2.54. The number of fused-ring (bicyclic) bond motifs is 1. The SMILES string of the molecule is NC(=O)CN1C(=O)C(NC(=O)[C@@H]2CCC(=O)O2)C(c2csc(N)n2)Sc2ccccc21. The third-order valence-corrected chi connectivity index (χ3v) is 6.92. The van der Waals surface area contributed by atoms with Crippen molar-refractivity contribution < 1.29 is 23.9 Å². The molecule has 31 heavy (non-hydrogen) atoms. The predicted molar refractivity (Wildman–Crippen MR) is 114 cm³/mol. The number of benzene rings is 1. The fourth-order valence-corrected chi connectivity index (χ4v) is 5.45. The van der Waals surface area contributed by atoms with Crippen molar-refractivity contribution in [3.63, 3.8) is 0 Å². The van der Waals surface area contributed by atoms with Crippen LogP contribution in [-0.2, 0) is 23.9 Å². The standard InChI is InChI=1S/C19H19N5O5S2/c20-13(25)7-24-10-3-1-2-4-12(10)31-16(9-8-30-19(21)22-9)15(18(24)28)23-17(27)11-5-6-14(26)29-11/h1-4,8,11,15-16H,5-7H2,(H2,20,25)(H2,21,22)(H,23,27)/t11-,15?,16?/m0/s1. The molecular formula is C19H19N5O5S2. The molecule has 4 rings (SSSR count). The van der Waals surface area contributed by atoms with E-state index in [0.717, 1.165) is 4.90 Å². The van der Waals surface area contributed by atoms with E-state index >= 15 is 0 Å². The Hall–Kier alpha value is -3.12. The number of cyclic esters (lactones) is 1. The maximum Gasteiger partial charge on any atom is 0.306 e. The number of hydrogen-bond donors (Lipinski definition) is 3. The first-order valence-electron chi connectivity index (χ1n) is 9.39. The highest BCUT2D eigenvalue weighted by Gasteiger charge is 2.42. The lowest BCUT2D eigenvalue weighted by molar-refractivity contribution is -0.148. The summed E-state index contributed by atoms with van der Waals surface area (Å²) in [5.41, 5.74) is 12.2. The Morgan fingerprint density at radius 2 is 2.06 bits per heavy atom. The second-order valence-electron chi connectivity index (χ2n) is 7.01. The number of aromatic nitrogens is 1. The number of esters is 1. The number of anilines is 2. The van der Waals surface area contributed by atoms with E-state index in [1.807, 2.05) is 12.1 Å². The van der Waals surface area contributed by atoms with Crippen LogP contribution in [0.25, 0.3) is 0 Å². The van der Waals surface area contributed by atoms with Gasteiger partial charge in [0.25, 0.3) is 11.8 Å². The van der Waals surface area contributed by atoms with E-state index in [4.69, 9.17) is 16.2 Å². The highest BCUT2D eigenvalue weighted by atomic mass is 32.2. The number of ether oxygens (including phenoxy) is 1. The number of thiazole rings is 1. The van der Waals surface area contributed by atoms with Crippen molar-refractivity contribution in [2.45, 2.75) is 35.1 Å². The van der Waals surface area contributed by atoms with E-state index < -0.39 is 41.1 Å². The molecule has 0 bridgehead atoms. The zero-order chi connectivity index (χ0) is 22.1. The van der Waals surface area contributed by atoms with Crippen LogP contribution in [0.4, 0.5) is 10.8 Å². The summed E-state index contributed by atoms with van der Waals surface area (Å²) in [5, 5.41) is 4.13. The van der Waals surface area contributed by atoms with Gasteiger partial charge in [0.2, 0.25) is 5.91 Å². The molecule has 2 aliphatic heterocycles. The third kappa shape index (κ3) is 4.35. The summed E-state index contributed by atoms with van der Waals surface area (Å²) in [7, 11) is 0. The van der Waals surface area contributed by atoms with Gasteiger partial charge < -0.3 is 26.4 Å². The Balaban J connectivity index is 1.74. The van der Waals surface area contributed by atoms with Crippen LogP contribution >= 0.6 is 23.1 Å². The van der Waals surface area contributed by atoms with Gasteiger partial charge in [0.1, 0.15) is 12.6 Å². The van der Waals surface area contributed by atoms with Crippen LogP contribution in [0, 0.1) is 0 Å². The van der Waals surface area contributed by atoms with Gasteiger partial charge in [-0.1, -0.05) is 12.1 Å². The van der Waals surface area contributed by atoms with Gasteiger partial charge in [-0.25, -0.2) is 4.98 Å². The number of amides is 3. The summed E-state index contributed by atoms with van der Waals surface area (Å²) in [6.45, 7) is -0.354. The van der Waals surface area contributed by atoms with Crippen LogP contribution in [0.3, 0.4) is 0 Å². The van der Waals surface area contributed by atoms with Crippen molar-refractivity contribution in [2.24, 2.45) is 5.73 Å². The number of rotatable bonds is 5. The molecule has 0 aliphatic carbocycles. The monoisotopic (exact) mass is 461 g/mol. The average molecular weight is 462 g/mol. The maximum atomic E-state index is 13.6. The molecule has 1 aromatic heterocycles. The number of hydrogen-bond acceptors (Lipinski definition) is 9. The molecule has 3 amide bonds. The van der Waals surface area contributed by atoms with Gasteiger partial charge in [-0.05, 0) is 12.1 Å². The van der Waals surface area contributed by atoms with Crippen LogP contribution in [0.5, 0.6) is 0 Å². The van der Waals surface area contributed by atoms with Crippen LogP contribution in [0.2, 0.25) is 0 Å². The Bertz CT molecular complexity index is 1060. The van der Waals surface area contributed by atoms with Crippen LogP contribution in [-0.4, -0.2) is 47.4 Å². The number of para-hydroxylation sites is 1. The second-order valence-corrected chi connectivity index (χ2v) is 9.08. The molecule has 1 aromatic carbocycles. The first-order valence-corrected chi connectivity index (χ1v) is 11.2. The molecule has 0 radical (unpaired) electrons. The molecule has 5 N–H and O–H groups in total. The van der Waals surface area contributed by atoms with E-state index in [2.05, 4.69) is 10.3 Å². The molecule has 2 aliphatic rings. The number of nitrogens with zero attached hydrogens (tertiary/aromatic N) is 2. The minimum atomic E-state index is -1.09. The highest BCUT2D eigenvalue weighted by molar-refractivity contribution is 7.99. The summed E-state index contributed by atoms with van der Waals surface area (Å²) >= 11 is 2.54. The third-order valence-electron chi connectivity index (χ3n) is 4.86. The molecule has 162 valence electrons. The fourth-order valence-electron chi connectivity index (χ4n) is 3.48. The van der Waals surface area contributed by atoms with E-state index in [9.17, 15) is 19.2 Å². The molecule has 1 saturated heterocycles. The van der Waals surface area contributed by atoms with Gasteiger partial charge in [0.05, 0.1) is 16.6 Å². The Morgan fingerprint density at radius 1 is 1.29 bits per heavy atom. The van der Waals surface area contributed by atoms with Crippen molar-refractivity contribution in [3.8, 4) is 0 Å². The van der Waals surface area contributed by atoms with Crippen molar-refractivity contribution in [2.75, 3.05) is 17.2 Å².